The van der Waals surface area contributed by atoms with Crippen LogP contribution in [0.1, 0.15) is 83.0 Å². The summed E-state index contributed by atoms with van der Waals surface area (Å²) in [5.41, 5.74) is 10.6. The average molecular weight is 635 g/mol. The molecule has 6 rings (SSSR count). The van der Waals surface area contributed by atoms with Gasteiger partial charge in [0.1, 0.15) is 23.0 Å². The van der Waals surface area contributed by atoms with Crippen LogP contribution in [-0.4, -0.2) is 20.4 Å². The number of phenols is 4. The van der Waals surface area contributed by atoms with Gasteiger partial charge in [-0.2, -0.15) is 0 Å². The van der Waals surface area contributed by atoms with Crippen molar-refractivity contribution < 1.29 is 20.4 Å². The third-order valence-corrected chi connectivity index (χ3v) is 9.84. The van der Waals surface area contributed by atoms with Gasteiger partial charge in [-0.05, 0) is 82.6 Å². The molecule has 0 bridgehead atoms. The summed E-state index contributed by atoms with van der Waals surface area (Å²) in [5, 5.41) is 44.5. The van der Waals surface area contributed by atoms with Crippen molar-refractivity contribution in [2.75, 3.05) is 0 Å². The van der Waals surface area contributed by atoms with E-state index in [1.807, 2.05) is 137 Å². The van der Waals surface area contributed by atoms with Crippen LogP contribution in [0.25, 0.3) is 22.3 Å². The molecular weight excluding hydrogens is 592 g/mol. The van der Waals surface area contributed by atoms with E-state index in [2.05, 4.69) is 6.92 Å². The van der Waals surface area contributed by atoms with Crippen molar-refractivity contribution in [3.8, 4) is 45.3 Å². The maximum Gasteiger partial charge on any atom is 0.122 e. The van der Waals surface area contributed by atoms with Crippen molar-refractivity contribution in [2.24, 2.45) is 0 Å². The molecule has 4 N–H and O–H groups in total. The highest BCUT2D eigenvalue weighted by molar-refractivity contribution is 5.68. The first kappa shape index (κ1) is 32.5. The molecule has 0 saturated heterocycles. The van der Waals surface area contributed by atoms with Gasteiger partial charge in [0.05, 0.1) is 0 Å². The van der Waals surface area contributed by atoms with Crippen molar-refractivity contribution >= 4 is 0 Å². The second-order valence-corrected chi connectivity index (χ2v) is 13.0. The summed E-state index contributed by atoms with van der Waals surface area (Å²) >= 11 is 0. The lowest BCUT2D eigenvalue weighted by molar-refractivity contribution is 0.453. The van der Waals surface area contributed by atoms with Crippen LogP contribution in [0.3, 0.4) is 0 Å². The number of aryl methyl sites for hydroxylation is 2. The van der Waals surface area contributed by atoms with E-state index >= 15 is 0 Å². The summed E-state index contributed by atoms with van der Waals surface area (Å²) in [5.74, 6) is 0.165. The van der Waals surface area contributed by atoms with E-state index in [9.17, 15) is 20.4 Å². The Balaban J connectivity index is 1.37. The minimum absolute atomic E-state index is 0.0750. The highest BCUT2D eigenvalue weighted by atomic mass is 16.3. The molecule has 0 amide bonds. The van der Waals surface area contributed by atoms with Crippen LogP contribution in [0.5, 0.6) is 23.0 Å². The Labute approximate surface area is 283 Å². The zero-order valence-corrected chi connectivity index (χ0v) is 28.1. The molecule has 0 saturated carbocycles. The van der Waals surface area contributed by atoms with E-state index < -0.39 is 0 Å². The lowest BCUT2D eigenvalue weighted by atomic mass is 9.82. The van der Waals surface area contributed by atoms with Crippen molar-refractivity contribution in [2.45, 2.75) is 52.4 Å². The smallest absolute Gasteiger partial charge is 0.122 e. The van der Waals surface area contributed by atoms with Crippen molar-refractivity contribution in [1.29, 1.82) is 0 Å². The highest BCUT2D eigenvalue weighted by Crippen LogP contribution is 2.44. The van der Waals surface area contributed by atoms with Crippen molar-refractivity contribution in [1.82, 2.24) is 0 Å². The topological polar surface area (TPSA) is 80.9 Å². The van der Waals surface area contributed by atoms with Gasteiger partial charge in [-0.3, -0.25) is 0 Å². The molecule has 0 fully saturated rings. The Morgan fingerprint density at radius 2 is 0.750 bits per heavy atom. The molecule has 0 heterocycles. The summed E-state index contributed by atoms with van der Waals surface area (Å²) in [4.78, 5) is 0. The normalized spacial score (nSPS) is 13.2. The van der Waals surface area contributed by atoms with E-state index in [4.69, 9.17) is 0 Å². The fourth-order valence-corrected chi connectivity index (χ4v) is 6.78. The minimum atomic E-state index is -0.281. The predicted octanol–water partition coefficient (Wildman–Crippen LogP) is 10.9. The molecule has 2 atom stereocenters. The standard InChI is InChI=1S/C44H42O4/c1-26-20-35(24-39(43(26)47)29(4)37-22-33(16-18-41(37)45)31-12-8-6-9-13-31)28(3)36-21-27(2)44(48)40(25-36)30(5)38-23-34(17-19-42(38)46)32-14-10-7-11-15-32/h6-25,28-30,45-48H,1-5H3. The van der Waals surface area contributed by atoms with E-state index in [0.717, 1.165) is 66.8 Å². The Morgan fingerprint density at radius 1 is 0.375 bits per heavy atom. The fourth-order valence-electron chi connectivity index (χ4n) is 6.78. The maximum absolute atomic E-state index is 11.3. The van der Waals surface area contributed by atoms with Gasteiger partial charge in [-0.25, -0.2) is 0 Å². The van der Waals surface area contributed by atoms with Gasteiger partial charge in [0, 0.05) is 40.0 Å². The molecule has 0 aliphatic heterocycles. The molecule has 0 aliphatic carbocycles. The third kappa shape index (κ3) is 6.26. The van der Waals surface area contributed by atoms with Crippen LogP contribution >= 0.6 is 0 Å². The predicted molar refractivity (Wildman–Crippen MR) is 195 cm³/mol. The van der Waals surface area contributed by atoms with Gasteiger partial charge in [-0.15, -0.1) is 0 Å². The van der Waals surface area contributed by atoms with E-state index in [1.54, 1.807) is 12.1 Å². The molecule has 48 heavy (non-hydrogen) atoms. The van der Waals surface area contributed by atoms with Crippen LogP contribution < -0.4 is 0 Å². The van der Waals surface area contributed by atoms with Gasteiger partial charge in [-0.1, -0.05) is 118 Å². The zero-order chi connectivity index (χ0) is 34.1. The molecule has 6 aromatic rings. The van der Waals surface area contributed by atoms with E-state index in [1.165, 1.54) is 0 Å². The number of hydrogen-bond donors (Lipinski definition) is 4. The van der Waals surface area contributed by atoms with Crippen LogP contribution in [0, 0.1) is 13.8 Å². The Morgan fingerprint density at radius 3 is 1.12 bits per heavy atom. The van der Waals surface area contributed by atoms with Crippen LogP contribution in [0.4, 0.5) is 0 Å². The minimum Gasteiger partial charge on any atom is -0.508 e. The number of benzene rings is 6. The Hall–Kier alpha value is -5.48. The average Bonchev–Trinajstić information content (AvgIpc) is 3.10. The van der Waals surface area contributed by atoms with Crippen LogP contribution in [0.2, 0.25) is 0 Å². The quantitative estimate of drug-likeness (QED) is 0.134. The number of hydrogen-bond acceptors (Lipinski definition) is 4. The number of rotatable bonds is 8. The summed E-state index contributed by atoms with van der Waals surface area (Å²) in [6.07, 6.45) is 0. The first-order valence-electron chi connectivity index (χ1n) is 16.5. The molecule has 2 unspecified atom stereocenters. The lowest BCUT2D eigenvalue weighted by Gasteiger charge is -2.23. The molecule has 242 valence electrons. The molecular formula is C44H42O4. The summed E-state index contributed by atoms with van der Waals surface area (Å²) < 4.78 is 0. The van der Waals surface area contributed by atoms with E-state index in [0.29, 0.717) is 0 Å². The SMILES string of the molecule is Cc1cc(C(C)c2cc(C)c(O)c(C(C)c3cc(-c4ccccc4)ccc3O)c2)cc(C(C)c2cc(-c3ccccc3)ccc2O)c1O. The number of aromatic hydroxyl groups is 4. The second-order valence-electron chi connectivity index (χ2n) is 13.0. The van der Waals surface area contributed by atoms with Crippen molar-refractivity contribution in [3.05, 3.63) is 166 Å². The van der Waals surface area contributed by atoms with E-state index in [-0.39, 0.29) is 40.8 Å². The first-order valence-corrected chi connectivity index (χ1v) is 16.5. The maximum atomic E-state index is 11.3. The summed E-state index contributed by atoms with van der Waals surface area (Å²) in [6, 6.07) is 39.5. The largest absolute Gasteiger partial charge is 0.508 e. The van der Waals surface area contributed by atoms with Crippen LogP contribution in [-0.2, 0) is 0 Å². The van der Waals surface area contributed by atoms with Gasteiger partial charge < -0.3 is 20.4 Å². The fraction of sp³-hybridized carbons (Fsp3) is 0.182. The highest BCUT2D eigenvalue weighted by Gasteiger charge is 2.24. The van der Waals surface area contributed by atoms with Gasteiger partial charge in [0.2, 0.25) is 0 Å². The number of phenolic OH excluding ortho intramolecular Hbond substituents is 4. The molecule has 4 heteroatoms. The Bertz CT molecular complexity index is 1930. The van der Waals surface area contributed by atoms with Gasteiger partial charge in [0.25, 0.3) is 0 Å². The second kappa shape index (κ2) is 13.3. The molecule has 6 aromatic carbocycles. The molecule has 0 aliphatic rings. The first-order chi connectivity index (χ1) is 23.0. The van der Waals surface area contributed by atoms with Gasteiger partial charge >= 0.3 is 0 Å². The molecule has 4 nitrogen and oxygen atoms in total. The monoisotopic (exact) mass is 634 g/mol. The zero-order valence-electron chi connectivity index (χ0n) is 28.1. The summed E-state index contributed by atoms with van der Waals surface area (Å²) in [7, 11) is 0. The molecule has 0 spiro atoms. The lowest BCUT2D eigenvalue weighted by Crippen LogP contribution is -2.05. The summed E-state index contributed by atoms with van der Waals surface area (Å²) in [6.45, 7) is 9.95. The molecule has 0 radical (unpaired) electrons. The molecule has 0 aromatic heterocycles. The van der Waals surface area contributed by atoms with Gasteiger partial charge in [0.15, 0.2) is 0 Å². The third-order valence-electron chi connectivity index (χ3n) is 9.84. The Kier molecular flexibility index (Phi) is 9.01. The van der Waals surface area contributed by atoms with Crippen LogP contribution in [0.15, 0.2) is 121 Å². The van der Waals surface area contributed by atoms with Crippen molar-refractivity contribution in [3.63, 3.8) is 0 Å².